The van der Waals surface area contributed by atoms with Crippen molar-refractivity contribution in [2.45, 2.75) is 26.2 Å². The van der Waals surface area contributed by atoms with E-state index in [-0.39, 0.29) is 24.0 Å². The van der Waals surface area contributed by atoms with Crippen molar-refractivity contribution in [3.63, 3.8) is 0 Å². The summed E-state index contributed by atoms with van der Waals surface area (Å²) in [7, 11) is 3.60. The Balaban J connectivity index is 0.00000225. The van der Waals surface area contributed by atoms with E-state index in [1.165, 1.54) is 24.0 Å². The fourth-order valence-corrected chi connectivity index (χ4v) is 3.83. The van der Waals surface area contributed by atoms with E-state index in [0.717, 1.165) is 51.0 Å². The first kappa shape index (κ1) is 20.3. The molecule has 2 saturated heterocycles. The third-order valence-corrected chi connectivity index (χ3v) is 5.25. The van der Waals surface area contributed by atoms with E-state index in [1.807, 2.05) is 13.1 Å². The Hall–Kier alpha value is -1.02. The van der Waals surface area contributed by atoms with Crippen LogP contribution in [0.15, 0.2) is 23.2 Å². The Labute approximate surface area is 168 Å². The van der Waals surface area contributed by atoms with Crippen LogP contribution in [0.2, 0.25) is 0 Å². The average Bonchev–Trinajstić information content (AvgIpc) is 3.22. The minimum Gasteiger partial charge on any atom is -0.496 e. The second-order valence-electron chi connectivity index (χ2n) is 7.01. The molecule has 2 fully saturated rings. The SMILES string of the molecule is CN=C(NCCc1cc(C)ccc1OC)N1CCC2(CCOC2)C1.I. The first-order valence-electron chi connectivity index (χ1n) is 8.83. The van der Waals surface area contributed by atoms with E-state index in [9.17, 15) is 0 Å². The molecule has 6 heteroatoms. The molecule has 1 N–H and O–H groups in total. The standard InChI is InChI=1S/C19H29N3O2.HI/c1-15-4-5-17(23-3)16(12-15)6-9-21-18(20-2)22-10-7-19(13-22)8-11-24-14-19;/h4-5,12H,6-11,13-14H2,1-3H3,(H,20,21);1H. The van der Waals surface area contributed by atoms with E-state index in [2.05, 4.69) is 34.3 Å². The van der Waals surface area contributed by atoms with Crippen molar-refractivity contribution in [1.82, 2.24) is 10.2 Å². The van der Waals surface area contributed by atoms with Crippen molar-refractivity contribution in [3.05, 3.63) is 29.3 Å². The second kappa shape index (κ2) is 9.07. The van der Waals surface area contributed by atoms with Gasteiger partial charge >= 0.3 is 0 Å². The van der Waals surface area contributed by atoms with Crippen molar-refractivity contribution < 1.29 is 9.47 Å². The van der Waals surface area contributed by atoms with Crippen LogP contribution < -0.4 is 10.1 Å². The van der Waals surface area contributed by atoms with Crippen LogP contribution in [-0.4, -0.2) is 57.9 Å². The van der Waals surface area contributed by atoms with E-state index in [4.69, 9.17) is 9.47 Å². The molecule has 1 aromatic carbocycles. The van der Waals surface area contributed by atoms with Gasteiger partial charge in [0.05, 0.1) is 13.7 Å². The van der Waals surface area contributed by atoms with Gasteiger partial charge in [0.25, 0.3) is 0 Å². The van der Waals surface area contributed by atoms with Gasteiger partial charge in [0, 0.05) is 38.7 Å². The average molecular weight is 459 g/mol. The quantitative estimate of drug-likeness (QED) is 0.428. The fourth-order valence-electron chi connectivity index (χ4n) is 3.83. The summed E-state index contributed by atoms with van der Waals surface area (Å²) in [5.41, 5.74) is 2.86. The van der Waals surface area contributed by atoms with Gasteiger partial charge in [-0.2, -0.15) is 0 Å². The molecule has 140 valence electrons. The number of ether oxygens (including phenoxy) is 2. The molecular weight excluding hydrogens is 429 g/mol. The van der Waals surface area contributed by atoms with E-state index in [1.54, 1.807) is 7.11 Å². The molecule has 3 rings (SSSR count). The molecule has 0 aliphatic carbocycles. The predicted octanol–water partition coefficient (Wildman–Crippen LogP) is 2.85. The van der Waals surface area contributed by atoms with Crippen molar-refractivity contribution in [2.75, 3.05) is 47.0 Å². The Kier molecular flexibility index (Phi) is 7.37. The third kappa shape index (κ3) is 4.78. The largest absolute Gasteiger partial charge is 0.496 e. The number of guanidine groups is 1. The summed E-state index contributed by atoms with van der Waals surface area (Å²) in [6, 6.07) is 6.33. The zero-order valence-corrected chi connectivity index (χ0v) is 17.8. The van der Waals surface area contributed by atoms with Gasteiger partial charge in [-0.05, 0) is 37.8 Å². The number of aryl methyl sites for hydroxylation is 1. The lowest BCUT2D eigenvalue weighted by molar-refractivity contribution is 0.156. The van der Waals surface area contributed by atoms with Gasteiger partial charge in [-0.25, -0.2) is 0 Å². The smallest absolute Gasteiger partial charge is 0.193 e. The number of hydrogen-bond donors (Lipinski definition) is 1. The molecule has 1 unspecified atom stereocenters. The molecule has 2 heterocycles. The van der Waals surface area contributed by atoms with Gasteiger partial charge < -0.3 is 19.7 Å². The van der Waals surface area contributed by atoms with Crippen molar-refractivity contribution >= 4 is 29.9 Å². The zero-order chi connectivity index (χ0) is 17.0. The molecule has 0 saturated carbocycles. The van der Waals surface area contributed by atoms with Crippen molar-refractivity contribution in [1.29, 1.82) is 0 Å². The third-order valence-electron chi connectivity index (χ3n) is 5.25. The Bertz CT molecular complexity index is 600. The second-order valence-corrected chi connectivity index (χ2v) is 7.01. The van der Waals surface area contributed by atoms with Crippen LogP contribution in [0.25, 0.3) is 0 Å². The number of benzene rings is 1. The molecular formula is C19H30IN3O2. The number of methoxy groups -OCH3 is 1. The van der Waals surface area contributed by atoms with E-state index >= 15 is 0 Å². The maximum absolute atomic E-state index is 5.62. The molecule has 1 atom stereocenters. The van der Waals surface area contributed by atoms with Crippen molar-refractivity contribution in [3.8, 4) is 5.75 Å². The Morgan fingerprint density at radius 3 is 2.92 bits per heavy atom. The van der Waals surface area contributed by atoms with Crippen LogP contribution in [0, 0.1) is 12.3 Å². The lowest BCUT2D eigenvalue weighted by Crippen LogP contribution is -2.42. The number of halogens is 1. The Morgan fingerprint density at radius 1 is 1.40 bits per heavy atom. The van der Waals surface area contributed by atoms with Gasteiger partial charge in [0.1, 0.15) is 5.75 Å². The summed E-state index contributed by atoms with van der Waals surface area (Å²) in [5.74, 6) is 1.96. The normalized spacial score (nSPS) is 23.0. The van der Waals surface area contributed by atoms with Gasteiger partial charge in [-0.1, -0.05) is 17.7 Å². The first-order valence-corrected chi connectivity index (χ1v) is 8.83. The number of rotatable bonds is 4. The highest BCUT2D eigenvalue weighted by Crippen LogP contribution is 2.38. The summed E-state index contributed by atoms with van der Waals surface area (Å²) in [5, 5.41) is 3.52. The molecule has 0 amide bonds. The molecule has 2 aliphatic heterocycles. The number of nitrogens with zero attached hydrogens (tertiary/aromatic N) is 2. The highest BCUT2D eigenvalue weighted by Gasteiger charge is 2.42. The van der Waals surface area contributed by atoms with Gasteiger partial charge in [0.2, 0.25) is 0 Å². The maximum Gasteiger partial charge on any atom is 0.193 e. The molecule has 25 heavy (non-hydrogen) atoms. The molecule has 5 nitrogen and oxygen atoms in total. The molecule has 0 aromatic heterocycles. The minimum atomic E-state index is 0. The van der Waals surface area contributed by atoms with Gasteiger partial charge in [0.15, 0.2) is 5.96 Å². The van der Waals surface area contributed by atoms with Crippen LogP contribution >= 0.6 is 24.0 Å². The monoisotopic (exact) mass is 459 g/mol. The highest BCUT2D eigenvalue weighted by molar-refractivity contribution is 14.0. The summed E-state index contributed by atoms with van der Waals surface area (Å²) in [4.78, 5) is 6.85. The first-order chi connectivity index (χ1) is 11.7. The van der Waals surface area contributed by atoms with Crippen LogP contribution in [-0.2, 0) is 11.2 Å². The van der Waals surface area contributed by atoms with E-state index in [0.29, 0.717) is 5.41 Å². The van der Waals surface area contributed by atoms with Crippen LogP contribution in [0.1, 0.15) is 24.0 Å². The topological polar surface area (TPSA) is 46.1 Å². The number of aliphatic imine (C=N–C) groups is 1. The van der Waals surface area contributed by atoms with Crippen molar-refractivity contribution in [2.24, 2.45) is 10.4 Å². The number of nitrogens with one attached hydrogen (secondary N) is 1. The number of likely N-dealkylation sites (tertiary alicyclic amines) is 1. The summed E-state index contributed by atoms with van der Waals surface area (Å²) in [6.45, 7) is 6.90. The molecule has 1 spiro atoms. The molecule has 2 aliphatic rings. The highest BCUT2D eigenvalue weighted by atomic mass is 127. The van der Waals surface area contributed by atoms with Crippen LogP contribution in [0.3, 0.4) is 0 Å². The molecule has 0 bridgehead atoms. The maximum atomic E-state index is 5.62. The fraction of sp³-hybridized carbons (Fsp3) is 0.632. The predicted molar refractivity (Wildman–Crippen MR) is 112 cm³/mol. The lowest BCUT2D eigenvalue weighted by atomic mass is 9.87. The summed E-state index contributed by atoms with van der Waals surface area (Å²) in [6.07, 6.45) is 3.31. The summed E-state index contributed by atoms with van der Waals surface area (Å²) < 4.78 is 11.1. The lowest BCUT2D eigenvalue weighted by Gasteiger charge is -2.25. The van der Waals surface area contributed by atoms with Crippen LogP contribution in [0.5, 0.6) is 5.75 Å². The molecule has 1 aromatic rings. The van der Waals surface area contributed by atoms with Gasteiger partial charge in [-0.3, -0.25) is 4.99 Å². The van der Waals surface area contributed by atoms with E-state index < -0.39 is 0 Å². The summed E-state index contributed by atoms with van der Waals surface area (Å²) >= 11 is 0. The van der Waals surface area contributed by atoms with Crippen LogP contribution in [0.4, 0.5) is 0 Å². The zero-order valence-electron chi connectivity index (χ0n) is 15.5. The Morgan fingerprint density at radius 2 is 2.24 bits per heavy atom. The molecule has 0 radical (unpaired) electrons. The van der Waals surface area contributed by atoms with Gasteiger partial charge in [-0.15, -0.1) is 24.0 Å². The number of hydrogen-bond acceptors (Lipinski definition) is 3. The minimum absolute atomic E-state index is 0.